The van der Waals surface area contributed by atoms with Gasteiger partial charge in [-0.2, -0.15) is 0 Å². The van der Waals surface area contributed by atoms with Gasteiger partial charge in [-0.25, -0.2) is 9.59 Å². The normalized spacial score (nSPS) is 14.2. The maximum Gasteiger partial charge on any atom is 0.338 e. The van der Waals surface area contributed by atoms with Gasteiger partial charge in [0.1, 0.15) is 0 Å². The highest BCUT2D eigenvalue weighted by Gasteiger charge is 2.24. The molecule has 8 heteroatoms. The molecule has 1 unspecified atom stereocenters. The van der Waals surface area contributed by atoms with Crippen molar-refractivity contribution in [3.05, 3.63) is 60.2 Å². The van der Waals surface area contributed by atoms with Crippen LogP contribution in [0.2, 0.25) is 0 Å². The molecular formula is C21H21N3O5. The number of imide groups is 1. The Balaban J connectivity index is 1.56. The molecule has 1 heterocycles. The SMILES string of the molecule is CC(OC(=O)c1cccc(N2CCCC2=O)c1)C(=O)NC(=O)Nc1ccccc1. The fourth-order valence-corrected chi connectivity index (χ4v) is 2.90. The molecule has 1 fully saturated rings. The number of urea groups is 1. The first-order valence-electron chi connectivity index (χ1n) is 9.22. The van der Waals surface area contributed by atoms with Gasteiger partial charge in [0.05, 0.1) is 5.56 Å². The quantitative estimate of drug-likeness (QED) is 0.758. The van der Waals surface area contributed by atoms with Gasteiger partial charge < -0.3 is 15.0 Å². The first-order chi connectivity index (χ1) is 13.9. The number of anilines is 2. The average molecular weight is 395 g/mol. The van der Waals surface area contributed by atoms with Crippen molar-refractivity contribution in [3.8, 4) is 0 Å². The van der Waals surface area contributed by atoms with E-state index in [4.69, 9.17) is 4.74 Å². The molecule has 0 aliphatic carbocycles. The second kappa shape index (κ2) is 9.01. The molecular weight excluding hydrogens is 374 g/mol. The van der Waals surface area contributed by atoms with Crippen molar-refractivity contribution in [1.82, 2.24) is 5.32 Å². The summed E-state index contributed by atoms with van der Waals surface area (Å²) in [5.41, 5.74) is 1.35. The number of carbonyl (C=O) groups excluding carboxylic acids is 4. The summed E-state index contributed by atoms with van der Waals surface area (Å²) in [6.45, 7) is 1.98. The zero-order valence-corrected chi connectivity index (χ0v) is 15.9. The highest BCUT2D eigenvalue weighted by Crippen LogP contribution is 2.22. The van der Waals surface area contributed by atoms with Crippen LogP contribution in [0.1, 0.15) is 30.1 Å². The molecule has 1 aliphatic rings. The van der Waals surface area contributed by atoms with Gasteiger partial charge in [0.2, 0.25) is 5.91 Å². The van der Waals surface area contributed by atoms with Crippen LogP contribution < -0.4 is 15.5 Å². The minimum atomic E-state index is -1.18. The third-order valence-electron chi connectivity index (χ3n) is 4.39. The van der Waals surface area contributed by atoms with E-state index in [1.807, 2.05) is 0 Å². The molecule has 0 aromatic heterocycles. The Kier molecular flexibility index (Phi) is 6.23. The van der Waals surface area contributed by atoms with Crippen LogP contribution in [0.5, 0.6) is 0 Å². The average Bonchev–Trinajstić information content (AvgIpc) is 3.14. The molecule has 0 bridgehead atoms. The Labute approximate surface area is 167 Å². The molecule has 150 valence electrons. The molecule has 2 N–H and O–H groups in total. The standard InChI is InChI=1S/C21H21N3O5/c1-14(19(26)23-21(28)22-16-8-3-2-4-9-16)29-20(27)15-7-5-10-17(13-15)24-12-6-11-18(24)25/h2-5,7-10,13-14H,6,11-12H2,1H3,(H2,22,23,26,28). The third kappa shape index (κ3) is 5.19. The molecule has 1 aliphatic heterocycles. The van der Waals surface area contributed by atoms with Crippen LogP contribution in [0.25, 0.3) is 0 Å². The molecule has 0 radical (unpaired) electrons. The second-order valence-corrected chi connectivity index (χ2v) is 6.56. The van der Waals surface area contributed by atoms with E-state index < -0.39 is 24.0 Å². The van der Waals surface area contributed by atoms with E-state index in [0.717, 1.165) is 6.42 Å². The summed E-state index contributed by atoms with van der Waals surface area (Å²) < 4.78 is 5.16. The number of rotatable bonds is 5. The number of nitrogens with zero attached hydrogens (tertiary/aromatic N) is 1. The van der Waals surface area contributed by atoms with Crippen molar-refractivity contribution in [1.29, 1.82) is 0 Å². The van der Waals surface area contributed by atoms with Gasteiger partial charge in [-0.05, 0) is 43.7 Å². The van der Waals surface area contributed by atoms with E-state index in [2.05, 4.69) is 10.6 Å². The van der Waals surface area contributed by atoms with Gasteiger partial charge in [0.25, 0.3) is 5.91 Å². The van der Waals surface area contributed by atoms with E-state index in [-0.39, 0.29) is 11.5 Å². The topological polar surface area (TPSA) is 105 Å². The summed E-state index contributed by atoms with van der Waals surface area (Å²) in [5, 5.41) is 4.63. The van der Waals surface area contributed by atoms with Crippen LogP contribution in [0, 0.1) is 0 Å². The number of ether oxygens (including phenoxy) is 1. The Morgan fingerprint density at radius 2 is 1.83 bits per heavy atom. The summed E-state index contributed by atoms with van der Waals surface area (Å²) in [7, 11) is 0. The number of esters is 1. The molecule has 0 spiro atoms. The number of para-hydroxylation sites is 1. The number of nitrogens with one attached hydrogen (secondary N) is 2. The minimum absolute atomic E-state index is 0.00712. The highest BCUT2D eigenvalue weighted by molar-refractivity contribution is 6.03. The summed E-state index contributed by atoms with van der Waals surface area (Å²) in [6, 6.07) is 14.4. The van der Waals surface area contributed by atoms with Crippen molar-refractivity contribution in [2.75, 3.05) is 16.8 Å². The highest BCUT2D eigenvalue weighted by atomic mass is 16.5. The van der Waals surface area contributed by atoms with E-state index in [1.54, 1.807) is 59.5 Å². The number of carbonyl (C=O) groups is 4. The van der Waals surface area contributed by atoms with Gasteiger partial charge in [-0.3, -0.25) is 14.9 Å². The lowest BCUT2D eigenvalue weighted by Crippen LogP contribution is -2.41. The molecule has 8 nitrogen and oxygen atoms in total. The lowest BCUT2D eigenvalue weighted by atomic mass is 10.2. The van der Waals surface area contributed by atoms with Crippen molar-refractivity contribution in [3.63, 3.8) is 0 Å². The van der Waals surface area contributed by atoms with Crippen LogP contribution in [0.15, 0.2) is 54.6 Å². The molecule has 1 atom stereocenters. The van der Waals surface area contributed by atoms with Crippen LogP contribution >= 0.6 is 0 Å². The smallest absolute Gasteiger partial charge is 0.338 e. The first kappa shape index (κ1) is 20.1. The van der Waals surface area contributed by atoms with Crippen LogP contribution in [-0.2, 0) is 14.3 Å². The maximum atomic E-state index is 12.4. The van der Waals surface area contributed by atoms with Gasteiger partial charge in [-0.1, -0.05) is 24.3 Å². The van der Waals surface area contributed by atoms with Gasteiger partial charge in [0, 0.05) is 24.3 Å². The molecule has 0 saturated carbocycles. The molecule has 29 heavy (non-hydrogen) atoms. The Morgan fingerprint density at radius 3 is 2.52 bits per heavy atom. The van der Waals surface area contributed by atoms with Crippen LogP contribution in [0.3, 0.4) is 0 Å². The molecule has 2 aromatic rings. The molecule has 3 rings (SSSR count). The minimum Gasteiger partial charge on any atom is -0.449 e. The molecule has 2 aromatic carbocycles. The number of benzene rings is 2. The van der Waals surface area contributed by atoms with E-state index in [9.17, 15) is 19.2 Å². The van der Waals surface area contributed by atoms with E-state index in [1.165, 1.54) is 6.92 Å². The zero-order chi connectivity index (χ0) is 20.8. The third-order valence-corrected chi connectivity index (χ3v) is 4.39. The largest absolute Gasteiger partial charge is 0.449 e. The predicted octanol–water partition coefficient (Wildman–Crippen LogP) is 2.71. The number of hydrogen-bond acceptors (Lipinski definition) is 5. The Bertz CT molecular complexity index is 929. The summed E-state index contributed by atoms with van der Waals surface area (Å²) in [4.78, 5) is 49.9. The van der Waals surface area contributed by atoms with E-state index in [0.29, 0.717) is 24.3 Å². The van der Waals surface area contributed by atoms with E-state index >= 15 is 0 Å². The zero-order valence-electron chi connectivity index (χ0n) is 15.9. The Hall–Kier alpha value is -3.68. The number of hydrogen-bond donors (Lipinski definition) is 2. The Morgan fingerprint density at radius 1 is 1.07 bits per heavy atom. The van der Waals surface area contributed by atoms with Crippen molar-refractivity contribution in [2.45, 2.75) is 25.9 Å². The predicted molar refractivity (Wildman–Crippen MR) is 107 cm³/mol. The van der Waals surface area contributed by atoms with Crippen molar-refractivity contribution < 1.29 is 23.9 Å². The summed E-state index contributed by atoms with van der Waals surface area (Å²) >= 11 is 0. The fraction of sp³-hybridized carbons (Fsp3) is 0.238. The summed E-state index contributed by atoms with van der Waals surface area (Å²) in [5.74, 6) is -1.46. The lowest BCUT2D eigenvalue weighted by Gasteiger charge is -2.17. The maximum absolute atomic E-state index is 12.4. The van der Waals surface area contributed by atoms with Gasteiger partial charge >= 0.3 is 12.0 Å². The van der Waals surface area contributed by atoms with Gasteiger partial charge in [0.15, 0.2) is 6.10 Å². The van der Waals surface area contributed by atoms with Crippen molar-refractivity contribution >= 4 is 35.2 Å². The summed E-state index contributed by atoms with van der Waals surface area (Å²) in [6.07, 6.45) is 0.0771. The monoisotopic (exact) mass is 395 g/mol. The number of amides is 4. The van der Waals surface area contributed by atoms with Crippen LogP contribution in [0.4, 0.5) is 16.2 Å². The first-order valence-corrected chi connectivity index (χ1v) is 9.22. The second-order valence-electron chi connectivity index (χ2n) is 6.56. The van der Waals surface area contributed by atoms with Gasteiger partial charge in [-0.15, -0.1) is 0 Å². The lowest BCUT2D eigenvalue weighted by molar-refractivity contribution is -0.127. The fourth-order valence-electron chi connectivity index (χ4n) is 2.90. The molecule has 4 amide bonds. The molecule has 1 saturated heterocycles. The van der Waals surface area contributed by atoms with Crippen LogP contribution in [-0.4, -0.2) is 36.5 Å². The van der Waals surface area contributed by atoms with Crippen molar-refractivity contribution in [2.24, 2.45) is 0 Å².